The molecule has 0 radical (unpaired) electrons. The van der Waals surface area contributed by atoms with Gasteiger partial charge < -0.3 is 5.32 Å². The van der Waals surface area contributed by atoms with E-state index >= 15 is 0 Å². The van der Waals surface area contributed by atoms with Crippen LogP contribution in [-0.2, 0) is 12.8 Å². The third-order valence-electron chi connectivity index (χ3n) is 3.29. The molecule has 0 aliphatic heterocycles. The molecule has 1 unspecified atom stereocenters. The normalized spacial score (nSPS) is 12.6. The number of hydrogen-bond donors (Lipinski definition) is 1. The van der Waals surface area contributed by atoms with Gasteiger partial charge in [-0.2, -0.15) is 0 Å². The summed E-state index contributed by atoms with van der Waals surface area (Å²) in [6, 6.07) is 9.78. The van der Waals surface area contributed by atoms with Gasteiger partial charge in [0.25, 0.3) is 0 Å². The average molecular weight is 277 g/mol. The molecule has 0 spiro atoms. The third kappa shape index (κ3) is 3.64. The van der Waals surface area contributed by atoms with Crippen molar-refractivity contribution in [3.05, 3.63) is 57.0 Å². The predicted molar refractivity (Wildman–Crippen MR) is 80.3 cm³/mol. The third-order valence-corrected chi connectivity index (χ3v) is 4.54. The van der Waals surface area contributed by atoms with Crippen LogP contribution in [0.4, 0.5) is 4.39 Å². The van der Waals surface area contributed by atoms with Crippen molar-refractivity contribution < 1.29 is 4.39 Å². The molecule has 0 saturated heterocycles. The summed E-state index contributed by atoms with van der Waals surface area (Å²) in [4.78, 5) is 2.75. The Morgan fingerprint density at radius 2 is 1.95 bits per heavy atom. The lowest BCUT2D eigenvalue weighted by molar-refractivity contribution is 0.579. The van der Waals surface area contributed by atoms with E-state index in [1.807, 2.05) is 25.3 Å². The minimum absolute atomic E-state index is 0.157. The van der Waals surface area contributed by atoms with Crippen LogP contribution in [0.2, 0.25) is 0 Å². The van der Waals surface area contributed by atoms with Crippen molar-refractivity contribution >= 4 is 11.3 Å². The monoisotopic (exact) mass is 277 g/mol. The molecule has 2 aromatic rings. The summed E-state index contributed by atoms with van der Waals surface area (Å²) in [7, 11) is 1.93. The standard InChI is InChI=1S/C16H20FNS/c1-4-14-5-6-15(19-14)10-16(18-3)12-7-11(2)8-13(17)9-12/h5-9,16,18H,4,10H2,1-3H3. The maximum atomic E-state index is 13.5. The zero-order valence-electron chi connectivity index (χ0n) is 11.7. The summed E-state index contributed by atoms with van der Waals surface area (Å²) in [5, 5.41) is 3.29. The summed E-state index contributed by atoms with van der Waals surface area (Å²) < 4.78 is 13.5. The second kappa shape index (κ2) is 6.31. The molecule has 0 aliphatic rings. The molecule has 1 aromatic heterocycles. The van der Waals surface area contributed by atoms with Gasteiger partial charge >= 0.3 is 0 Å². The summed E-state index contributed by atoms with van der Waals surface area (Å²) in [5.74, 6) is -0.157. The molecule has 1 heterocycles. The molecule has 1 atom stereocenters. The van der Waals surface area contributed by atoms with Crippen LogP contribution in [-0.4, -0.2) is 7.05 Å². The topological polar surface area (TPSA) is 12.0 Å². The Kier molecular flexibility index (Phi) is 4.72. The van der Waals surface area contributed by atoms with E-state index in [1.165, 1.54) is 9.75 Å². The predicted octanol–water partition coefficient (Wildman–Crippen LogP) is 4.26. The smallest absolute Gasteiger partial charge is 0.123 e. The van der Waals surface area contributed by atoms with Crippen LogP contribution in [0.15, 0.2) is 30.3 Å². The SMILES string of the molecule is CCc1ccc(CC(NC)c2cc(C)cc(F)c2)s1. The highest BCUT2D eigenvalue weighted by molar-refractivity contribution is 7.11. The van der Waals surface area contributed by atoms with Gasteiger partial charge in [-0.25, -0.2) is 4.39 Å². The summed E-state index contributed by atoms with van der Waals surface area (Å²) >= 11 is 1.85. The highest BCUT2D eigenvalue weighted by Crippen LogP contribution is 2.25. The fourth-order valence-electron chi connectivity index (χ4n) is 2.28. The van der Waals surface area contributed by atoms with Crippen LogP contribution in [0.25, 0.3) is 0 Å². The van der Waals surface area contributed by atoms with Gasteiger partial charge in [0.2, 0.25) is 0 Å². The number of halogens is 1. The van der Waals surface area contributed by atoms with Crippen molar-refractivity contribution in [1.82, 2.24) is 5.32 Å². The van der Waals surface area contributed by atoms with Crippen molar-refractivity contribution in [1.29, 1.82) is 0 Å². The molecule has 0 saturated carbocycles. The fraction of sp³-hybridized carbons (Fsp3) is 0.375. The van der Waals surface area contributed by atoms with E-state index in [-0.39, 0.29) is 11.9 Å². The maximum absolute atomic E-state index is 13.5. The molecule has 3 heteroatoms. The average Bonchev–Trinajstić information content (AvgIpc) is 2.82. The van der Waals surface area contributed by atoms with Crippen molar-refractivity contribution in [2.75, 3.05) is 7.05 Å². The molecule has 0 bridgehead atoms. The number of thiophene rings is 1. The maximum Gasteiger partial charge on any atom is 0.123 e. The van der Waals surface area contributed by atoms with E-state index in [0.29, 0.717) is 0 Å². The first-order valence-corrected chi connectivity index (χ1v) is 7.46. The Hall–Kier alpha value is -1.19. The zero-order chi connectivity index (χ0) is 13.8. The first-order valence-electron chi connectivity index (χ1n) is 6.64. The lowest BCUT2D eigenvalue weighted by Gasteiger charge is -2.16. The molecule has 0 aliphatic carbocycles. The summed E-state index contributed by atoms with van der Waals surface area (Å²) in [6.07, 6.45) is 1.98. The molecule has 0 amide bonds. The van der Waals surface area contributed by atoms with Crippen LogP contribution in [0.5, 0.6) is 0 Å². The van der Waals surface area contributed by atoms with Crippen molar-refractivity contribution in [3.63, 3.8) is 0 Å². The molecular weight excluding hydrogens is 257 g/mol. The Morgan fingerprint density at radius 3 is 2.53 bits per heavy atom. The second-order valence-electron chi connectivity index (χ2n) is 4.83. The second-order valence-corrected chi connectivity index (χ2v) is 6.08. The zero-order valence-corrected chi connectivity index (χ0v) is 12.5. The number of likely N-dealkylation sites (N-methyl/N-ethyl adjacent to an activating group) is 1. The lowest BCUT2D eigenvalue weighted by atomic mass is 10.0. The quantitative estimate of drug-likeness (QED) is 0.861. The molecule has 102 valence electrons. The van der Waals surface area contributed by atoms with E-state index in [2.05, 4.69) is 30.4 Å². The lowest BCUT2D eigenvalue weighted by Crippen LogP contribution is -2.18. The van der Waals surface area contributed by atoms with Gasteiger partial charge in [0.1, 0.15) is 5.82 Å². The van der Waals surface area contributed by atoms with E-state index in [0.717, 1.165) is 24.0 Å². The van der Waals surface area contributed by atoms with Crippen LogP contribution in [0.1, 0.15) is 33.8 Å². The summed E-state index contributed by atoms with van der Waals surface area (Å²) in [5.41, 5.74) is 1.99. The van der Waals surface area contributed by atoms with Gasteiger partial charge in [-0.05, 0) is 55.8 Å². The number of benzene rings is 1. The van der Waals surface area contributed by atoms with Gasteiger partial charge in [0, 0.05) is 22.2 Å². The van der Waals surface area contributed by atoms with Crippen LogP contribution >= 0.6 is 11.3 Å². The number of hydrogen-bond acceptors (Lipinski definition) is 2. The Balaban J connectivity index is 2.19. The van der Waals surface area contributed by atoms with Gasteiger partial charge in [-0.15, -0.1) is 11.3 Å². The first kappa shape index (κ1) is 14.2. The molecule has 2 rings (SSSR count). The van der Waals surface area contributed by atoms with Crippen LogP contribution in [0.3, 0.4) is 0 Å². The fourth-order valence-corrected chi connectivity index (χ4v) is 3.28. The number of rotatable bonds is 5. The van der Waals surface area contributed by atoms with E-state index in [1.54, 1.807) is 12.1 Å². The van der Waals surface area contributed by atoms with Gasteiger partial charge in [-0.1, -0.05) is 13.0 Å². The molecule has 19 heavy (non-hydrogen) atoms. The molecule has 1 nitrogen and oxygen atoms in total. The molecule has 1 N–H and O–H groups in total. The minimum atomic E-state index is -0.157. The molecule has 0 fully saturated rings. The van der Waals surface area contributed by atoms with Crippen molar-refractivity contribution in [2.24, 2.45) is 0 Å². The van der Waals surface area contributed by atoms with Crippen LogP contribution in [0, 0.1) is 12.7 Å². The largest absolute Gasteiger partial charge is 0.313 e. The highest BCUT2D eigenvalue weighted by atomic mass is 32.1. The Bertz CT molecular complexity index is 527. The number of nitrogens with one attached hydrogen (secondary N) is 1. The molecular formula is C16H20FNS. The number of aryl methyl sites for hydroxylation is 2. The highest BCUT2D eigenvalue weighted by Gasteiger charge is 2.13. The van der Waals surface area contributed by atoms with E-state index in [9.17, 15) is 4.39 Å². The first-order chi connectivity index (χ1) is 9.12. The van der Waals surface area contributed by atoms with Gasteiger partial charge in [-0.3, -0.25) is 0 Å². The van der Waals surface area contributed by atoms with Gasteiger partial charge in [0.15, 0.2) is 0 Å². The van der Waals surface area contributed by atoms with Crippen molar-refractivity contribution in [3.8, 4) is 0 Å². The molecule has 1 aromatic carbocycles. The van der Waals surface area contributed by atoms with E-state index < -0.39 is 0 Å². The Labute approximate surface area is 118 Å². The van der Waals surface area contributed by atoms with Crippen molar-refractivity contribution in [2.45, 2.75) is 32.7 Å². The minimum Gasteiger partial charge on any atom is -0.313 e. The Morgan fingerprint density at radius 1 is 1.21 bits per heavy atom. The van der Waals surface area contributed by atoms with Gasteiger partial charge in [0.05, 0.1) is 0 Å². The van der Waals surface area contributed by atoms with Crippen LogP contribution < -0.4 is 5.32 Å². The van der Waals surface area contributed by atoms with E-state index in [4.69, 9.17) is 0 Å². The summed E-state index contributed by atoms with van der Waals surface area (Å²) in [6.45, 7) is 4.10.